The molecule has 0 heterocycles. The van der Waals surface area contributed by atoms with Gasteiger partial charge in [-0.15, -0.1) is 0 Å². The highest BCUT2D eigenvalue weighted by Crippen LogP contribution is 2.27. The lowest BCUT2D eigenvalue weighted by Gasteiger charge is -2.17. The molecule has 1 atom stereocenters. The van der Waals surface area contributed by atoms with Crippen LogP contribution in [0.2, 0.25) is 0 Å². The van der Waals surface area contributed by atoms with Gasteiger partial charge in [-0.25, -0.2) is 0 Å². The smallest absolute Gasteiger partial charge is 0.240 e. The average Bonchev–Trinajstić information content (AvgIpc) is 3.20. The molecule has 2 aromatic carbocycles. The second-order valence-corrected chi connectivity index (χ2v) is 7.50. The quantitative estimate of drug-likeness (QED) is 0.700. The van der Waals surface area contributed by atoms with Gasteiger partial charge in [-0.1, -0.05) is 55.3 Å². The third-order valence-corrected chi connectivity index (χ3v) is 5.21. The topological polar surface area (TPSA) is 81.4 Å². The molecule has 0 unspecified atom stereocenters. The third-order valence-electron chi connectivity index (χ3n) is 5.21. The first kappa shape index (κ1) is 19.9. The Balaban J connectivity index is 1.56. The largest absolute Gasteiger partial charge is 0.489 e. The van der Waals surface area contributed by atoms with E-state index in [1.54, 1.807) is 0 Å². The van der Waals surface area contributed by atoms with Crippen LogP contribution in [0.15, 0.2) is 54.6 Å². The van der Waals surface area contributed by atoms with Crippen molar-refractivity contribution in [3.05, 3.63) is 65.7 Å². The van der Waals surface area contributed by atoms with Crippen molar-refractivity contribution in [2.45, 2.75) is 51.2 Å². The summed E-state index contributed by atoms with van der Waals surface area (Å²) in [7, 11) is 0. The van der Waals surface area contributed by atoms with Crippen LogP contribution in [0.4, 0.5) is 0 Å². The Morgan fingerprint density at radius 2 is 1.75 bits per heavy atom. The first-order valence-corrected chi connectivity index (χ1v) is 9.94. The highest BCUT2D eigenvalue weighted by Gasteiger charge is 2.23. The molecular weight excluding hydrogens is 352 g/mol. The molecule has 1 aliphatic carbocycles. The molecule has 0 aliphatic heterocycles. The monoisotopic (exact) mass is 380 g/mol. The lowest BCUT2D eigenvalue weighted by atomic mass is 10.0. The lowest BCUT2D eigenvalue weighted by molar-refractivity contribution is -0.127. The highest BCUT2D eigenvalue weighted by atomic mass is 16.5. The summed E-state index contributed by atoms with van der Waals surface area (Å²) >= 11 is 0. The van der Waals surface area contributed by atoms with Crippen LogP contribution in [0, 0.1) is 5.92 Å². The van der Waals surface area contributed by atoms with E-state index < -0.39 is 11.9 Å². The summed E-state index contributed by atoms with van der Waals surface area (Å²) in [5, 5.41) is 2.81. The Morgan fingerprint density at radius 1 is 1.04 bits per heavy atom. The highest BCUT2D eigenvalue weighted by molar-refractivity contribution is 5.86. The van der Waals surface area contributed by atoms with E-state index in [4.69, 9.17) is 10.5 Å². The lowest BCUT2D eigenvalue weighted by Crippen LogP contribution is -2.46. The van der Waals surface area contributed by atoms with E-state index in [1.165, 1.54) is 12.8 Å². The Kier molecular flexibility index (Phi) is 7.06. The van der Waals surface area contributed by atoms with Crippen molar-refractivity contribution in [1.29, 1.82) is 0 Å². The van der Waals surface area contributed by atoms with Crippen molar-refractivity contribution in [2.24, 2.45) is 11.7 Å². The summed E-state index contributed by atoms with van der Waals surface area (Å²) in [6.07, 6.45) is 5.39. The molecule has 5 nitrogen and oxygen atoms in total. The van der Waals surface area contributed by atoms with E-state index in [0.29, 0.717) is 25.4 Å². The number of carbonyl (C=O) groups is 2. The molecule has 2 aromatic rings. The number of carbonyl (C=O) groups excluding carboxylic acids is 2. The molecule has 3 rings (SSSR count). The van der Waals surface area contributed by atoms with Crippen LogP contribution in [0.25, 0.3) is 0 Å². The van der Waals surface area contributed by atoms with Crippen LogP contribution >= 0.6 is 0 Å². The minimum atomic E-state index is -0.710. The fourth-order valence-electron chi connectivity index (χ4n) is 3.69. The maximum Gasteiger partial charge on any atom is 0.240 e. The van der Waals surface area contributed by atoms with Crippen LogP contribution in [0.5, 0.6) is 5.75 Å². The Hall–Kier alpha value is -2.82. The summed E-state index contributed by atoms with van der Waals surface area (Å²) < 4.78 is 5.84. The third kappa shape index (κ3) is 6.12. The number of nitrogens with one attached hydrogen (secondary N) is 1. The Bertz CT molecular complexity index is 785. The summed E-state index contributed by atoms with van der Waals surface area (Å²) in [6.45, 7) is 0.474. The number of hydrogen-bond acceptors (Lipinski definition) is 3. The molecule has 0 saturated heterocycles. The summed E-state index contributed by atoms with van der Waals surface area (Å²) in [5.74, 6) is 0.549. The molecule has 1 fully saturated rings. The second kappa shape index (κ2) is 9.93. The number of ether oxygens (including phenoxy) is 1. The van der Waals surface area contributed by atoms with Gasteiger partial charge in [0.25, 0.3) is 0 Å². The number of hydrogen-bond donors (Lipinski definition) is 2. The van der Waals surface area contributed by atoms with Gasteiger partial charge >= 0.3 is 0 Å². The van der Waals surface area contributed by atoms with E-state index in [0.717, 1.165) is 29.7 Å². The second-order valence-electron chi connectivity index (χ2n) is 7.50. The molecule has 3 N–H and O–H groups in total. The van der Waals surface area contributed by atoms with Gasteiger partial charge in [0.2, 0.25) is 11.8 Å². The zero-order valence-corrected chi connectivity index (χ0v) is 16.1. The Morgan fingerprint density at radius 3 is 2.46 bits per heavy atom. The number of primary amides is 1. The van der Waals surface area contributed by atoms with Gasteiger partial charge in [0, 0.05) is 12.8 Å². The van der Waals surface area contributed by atoms with Gasteiger partial charge in [-0.05, 0) is 42.0 Å². The first-order chi connectivity index (χ1) is 13.6. The molecule has 5 heteroatoms. The summed E-state index contributed by atoms with van der Waals surface area (Å²) in [6, 6.07) is 16.8. The van der Waals surface area contributed by atoms with Crippen molar-refractivity contribution in [3.8, 4) is 5.75 Å². The molecule has 1 saturated carbocycles. The zero-order chi connectivity index (χ0) is 19.8. The van der Waals surface area contributed by atoms with E-state index in [9.17, 15) is 9.59 Å². The van der Waals surface area contributed by atoms with E-state index in [2.05, 4.69) is 5.32 Å². The summed E-state index contributed by atoms with van der Waals surface area (Å²) in [4.78, 5) is 24.1. The molecule has 148 valence electrons. The molecule has 2 amide bonds. The molecule has 28 heavy (non-hydrogen) atoms. The summed E-state index contributed by atoms with van der Waals surface area (Å²) in [5.41, 5.74) is 7.51. The molecule has 1 aliphatic rings. The van der Waals surface area contributed by atoms with E-state index in [1.807, 2.05) is 54.6 Å². The van der Waals surface area contributed by atoms with E-state index in [-0.39, 0.29) is 5.91 Å². The number of rotatable bonds is 9. The average molecular weight is 380 g/mol. The van der Waals surface area contributed by atoms with Crippen LogP contribution in [-0.4, -0.2) is 17.9 Å². The van der Waals surface area contributed by atoms with Crippen LogP contribution < -0.4 is 15.8 Å². The maximum absolute atomic E-state index is 12.3. The minimum Gasteiger partial charge on any atom is -0.489 e. The molecule has 0 spiro atoms. The van der Waals surface area contributed by atoms with Crippen LogP contribution in [0.1, 0.15) is 43.2 Å². The molecule has 0 bridgehead atoms. The maximum atomic E-state index is 12.3. The predicted molar refractivity (Wildman–Crippen MR) is 109 cm³/mol. The van der Waals surface area contributed by atoms with Gasteiger partial charge in [-0.2, -0.15) is 0 Å². The van der Waals surface area contributed by atoms with Crippen molar-refractivity contribution >= 4 is 11.8 Å². The van der Waals surface area contributed by atoms with Crippen molar-refractivity contribution in [1.82, 2.24) is 5.32 Å². The van der Waals surface area contributed by atoms with Crippen molar-refractivity contribution < 1.29 is 14.3 Å². The number of amides is 2. The van der Waals surface area contributed by atoms with Gasteiger partial charge in [-0.3, -0.25) is 9.59 Å². The number of nitrogens with two attached hydrogens (primary N) is 1. The van der Waals surface area contributed by atoms with Gasteiger partial charge < -0.3 is 15.8 Å². The standard InChI is InChI=1S/C23H28N2O3/c24-23(27)21(25-22(26)15-17-7-4-5-8-17)14-19-11-6-12-20(13-19)28-16-18-9-2-1-3-10-18/h1-3,6,9-13,17,21H,4-5,7-8,14-16H2,(H2,24,27)(H,25,26)/t21-/m0/s1. The molecule has 0 aromatic heterocycles. The number of benzene rings is 2. The van der Waals surface area contributed by atoms with Crippen LogP contribution in [-0.2, 0) is 22.6 Å². The normalized spacial score (nSPS) is 15.1. The fourth-order valence-corrected chi connectivity index (χ4v) is 3.69. The van der Waals surface area contributed by atoms with Gasteiger partial charge in [0.05, 0.1) is 0 Å². The van der Waals surface area contributed by atoms with E-state index >= 15 is 0 Å². The Labute approximate surface area is 166 Å². The molecule has 0 radical (unpaired) electrons. The van der Waals surface area contributed by atoms with Gasteiger partial charge in [0.1, 0.15) is 18.4 Å². The van der Waals surface area contributed by atoms with Crippen molar-refractivity contribution in [3.63, 3.8) is 0 Å². The zero-order valence-electron chi connectivity index (χ0n) is 16.1. The SMILES string of the molecule is NC(=O)[C@H](Cc1cccc(OCc2ccccc2)c1)NC(=O)CC1CCCC1. The van der Waals surface area contributed by atoms with Gasteiger partial charge in [0.15, 0.2) is 0 Å². The molecular formula is C23H28N2O3. The first-order valence-electron chi connectivity index (χ1n) is 9.94. The fraction of sp³-hybridized carbons (Fsp3) is 0.391. The van der Waals surface area contributed by atoms with Crippen LogP contribution in [0.3, 0.4) is 0 Å². The minimum absolute atomic E-state index is 0.0906. The predicted octanol–water partition coefficient (Wildman–Crippen LogP) is 3.36. The van der Waals surface area contributed by atoms with Crippen molar-refractivity contribution in [2.75, 3.05) is 0 Å².